The maximum atomic E-state index is 13.0. The van der Waals surface area contributed by atoms with Crippen molar-refractivity contribution in [3.05, 3.63) is 63.9 Å². The van der Waals surface area contributed by atoms with Gasteiger partial charge < -0.3 is 15.5 Å². The molecule has 36 heavy (non-hydrogen) atoms. The molecule has 4 rings (SSSR count). The van der Waals surface area contributed by atoms with Crippen molar-refractivity contribution >= 4 is 62.3 Å². The Bertz CT molecular complexity index is 1270. The molecule has 2 N–H and O–H groups in total. The number of thiazole rings is 1. The number of piperidine rings is 1. The fourth-order valence-corrected chi connectivity index (χ4v) is 5.32. The zero-order chi connectivity index (χ0) is 25.7. The van der Waals surface area contributed by atoms with Crippen molar-refractivity contribution in [3.8, 4) is 10.6 Å². The average molecular weight is 590 g/mol. The standard InChI is InChI=1S/C25H26BrClN6O2S/c1-15-23(36-16(2)29-15)22-20(27)14-28-25(32-22)31-19-9-12-33(13-10-19)24(35)17-5-7-18(8-6-17)30-21(34)4-3-11-26/h3-8,14,19H,9-13H2,1-2H3,(H,30,34)(H,28,31,32)/b4-3+. The predicted molar refractivity (Wildman–Crippen MR) is 148 cm³/mol. The number of nitrogens with zero attached hydrogens (tertiary/aromatic N) is 4. The number of nitrogens with one attached hydrogen (secondary N) is 2. The number of hydrogen-bond donors (Lipinski definition) is 2. The number of rotatable bonds is 7. The van der Waals surface area contributed by atoms with E-state index in [-0.39, 0.29) is 17.9 Å². The lowest BCUT2D eigenvalue weighted by molar-refractivity contribution is -0.111. The summed E-state index contributed by atoms with van der Waals surface area (Å²) in [5, 5.41) is 8.24. The maximum absolute atomic E-state index is 13.0. The van der Waals surface area contributed by atoms with E-state index in [1.807, 2.05) is 18.7 Å². The molecule has 0 bridgehead atoms. The number of aryl methyl sites for hydroxylation is 2. The summed E-state index contributed by atoms with van der Waals surface area (Å²) in [7, 11) is 0. The Hall–Kier alpha value is -2.82. The summed E-state index contributed by atoms with van der Waals surface area (Å²) in [6, 6.07) is 7.11. The van der Waals surface area contributed by atoms with Crippen LogP contribution >= 0.6 is 38.9 Å². The Morgan fingerprint density at radius 3 is 2.56 bits per heavy atom. The van der Waals surface area contributed by atoms with Crippen LogP contribution in [0.1, 0.15) is 33.9 Å². The summed E-state index contributed by atoms with van der Waals surface area (Å²) < 4.78 is 0. The molecule has 0 atom stereocenters. The third-order valence-corrected chi connectivity index (χ3v) is 7.47. The predicted octanol–water partition coefficient (Wildman–Crippen LogP) is 5.48. The number of carbonyl (C=O) groups excluding carboxylic acids is 2. The van der Waals surface area contributed by atoms with Crippen LogP contribution in [-0.2, 0) is 4.79 Å². The second-order valence-electron chi connectivity index (χ2n) is 8.37. The summed E-state index contributed by atoms with van der Waals surface area (Å²) in [6.45, 7) is 5.16. The summed E-state index contributed by atoms with van der Waals surface area (Å²) >= 11 is 11.2. The third kappa shape index (κ3) is 6.48. The summed E-state index contributed by atoms with van der Waals surface area (Å²) in [5.41, 5.74) is 2.82. The smallest absolute Gasteiger partial charge is 0.253 e. The van der Waals surface area contributed by atoms with Crippen LogP contribution in [0.25, 0.3) is 10.6 Å². The Morgan fingerprint density at radius 2 is 1.92 bits per heavy atom. The highest BCUT2D eigenvalue weighted by molar-refractivity contribution is 9.09. The summed E-state index contributed by atoms with van der Waals surface area (Å²) in [5.74, 6) is 0.289. The third-order valence-electron chi connectivity index (χ3n) is 5.74. The maximum Gasteiger partial charge on any atom is 0.253 e. The van der Waals surface area contributed by atoms with E-state index in [4.69, 9.17) is 11.6 Å². The van der Waals surface area contributed by atoms with Gasteiger partial charge in [-0.25, -0.2) is 15.0 Å². The van der Waals surface area contributed by atoms with E-state index in [1.165, 1.54) is 6.08 Å². The van der Waals surface area contributed by atoms with E-state index in [1.54, 1.807) is 47.9 Å². The number of carbonyl (C=O) groups is 2. The van der Waals surface area contributed by atoms with Crippen LogP contribution in [0.15, 0.2) is 42.6 Å². The first-order chi connectivity index (χ1) is 17.3. The quantitative estimate of drug-likeness (QED) is 0.280. The van der Waals surface area contributed by atoms with Gasteiger partial charge in [0.25, 0.3) is 5.91 Å². The molecule has 1 aliphatic heterocycles. The number of allylic oxidation sites excluding steroid dienone is 1. The molecular formula is C25H26BrClN6O2S. The van der Waals surface area contributed by atoms with Gasteiger partial charge in [0.2, 0.25) is 11.9 Å². The fourth-order valence-electron chi connectivity index (χ4n) is 3.97. The largest absolute Gasteiger partial charge is 0.351 e. The van der Waals surface area contributed by atoms with Gasteiger partial charge in [0.05, 0.1) is 26.8 Å². The first kappa shape index (κ1) is 26.2. The van der Waals surface area contributed by atoms with Gasteiger partial charge in [-0.2, -0.15) is 0 Å². The minimum absolute atomic E-state index is 0.0217. The van der Waals surface area contributed by atoms with Crippen molar-refractivity contribution in [3.63, 3.8) is 0 Å². The molecule has 0 saturated carbocycles. The number of aromatic nitrogens is 3. The second-order valence-corrected chi connectivity index (χ2v) is 10.6. The molecule has 0 unspecified atom stereocenters. The van der Waals surface area contributed by atoms with Crippen LogP contribution < -0.4 is 10.6 Å². The van der Waals surface area contributed by atoms with Crippen molar-refractivity contribution in [2.75, 3.05) is 29.1 Å². The van der Waals surface area contributed by atoms with Crippen LogP contribution in [0.4, 0.5) is 11.6 Å². The van der Waals surface area contributed by atoms with Gasteiger partial charge in [0, 0.05) is 41.8 Å². The van der Waals surface area contributed by atoms with E-state index >= 15 is 0 Å². The van der Waals surface area contributed by atoms with Gasteiger partial charge in [-0.15, -0.1) is 11.3 Å². The van der Waals surface area contributed by atoms with E-state index < -0.39 is 0 Å². The molecule has 188 valence electrons. The molecule has 3 aromatic rings. The van der Waals surface area contributed by atoms with Crippen LogP contribution in [0.5, 0.6) is 0 Å². The fraction of sp³-hybridized carbons (Fsp3) is 0.320. The molecule has 2 aromatic heterocycles. The Morgan fingerprint density at radius 1 is 1.19 bits per heavy atom. The Labute approximate surface area is 227 Å². The molecule has 11 heteroatoms. The highest BCUT2D eigenvalue weighted by atomic mass is 79.9. The molecular weight excluding hydrogens is 564 g/mol. The zero-order valence-corrected chi connectivity index (χ0v) is 23.1. The SMILES string of the molecule is Cc1nc(C)c(-c2nc(NC3CCN(C(=O)c4ccc(NC(=O)/C=C/CBr)cc4)CC3)ncc2Cl)s1. The zero-order valence-electron chi connectivity index (χ0n) is 19.9. The molecule has 0 aliphatic carbocycles. The van der Waals surface area contributed by atoms with Crippen molar-refractivity contribution in [1.29, 1.82) is 0 Å². The average Bonchev–Trinajstić information content (AvgIpc) is 3.22. The topological polar surface area (TPSA) is 100 Å². The van der Waals surface area contributed by atoms with Gasteiger partial charge in [-0.05, 0) is 51.0 Å². The minimum Gasteiger partial charge on any atom is -0.351 e. The van der Waals surface area contributed by atoms with E-state index in [0.29, 0.717) is 46.3 Å². The number of likely N-dealkylation sites (tertiary alicyclic amines) is 1. The van der Waals surface area contributed by atoms with E-state index in [2.05, 4.69) is 41.5 Å². The lowest BCUT2D eigenvalue weighted by Gasteiger charge is -2.32. The number of halogens is 2. The lowest BCUT2D eigenvalue weighted by Crippen LogP contribution is -2.42. The molecule has 1 aliphatic rings. The lowest BCUT2D eigenvalue weighted by atomic mass is 10.0. The van der Waals surface area contributed by atoms with Crippen LogP contribution in [0.2, 0.25) is 5.02 Å². The normalized spacial score (nSPS) is 14.3. The van der Waals surface area contributed by atoms with Crippen molar-refractivity contribution in [1.82, 2.24) is 19.9 Å². The first-order valence-electron chi connectivity index (χ1n) is 11.5. The van der Waals surface area contributed by atoms with E-state index in [0.717, 1.165) is 28.4 Å². The number of alkyl halides is 1. The molecule has 3 heterocycles. The second kappa shape index (κ2) is 11.9. The molecule has 8 nitrogen and oxygen atoms in total. The van der Waals surface area contributed by atoms with Crippen LogP contribution in [0, 0.1) is 13.8 Å². The van der Waals surface area contributed by atoms with Gasteiger partial charge in [0.15, 0.2) is 0 Å². The summed E-state index contributed by atoms with van der Waals surface area (Å²) in [4.78, 5) is 41.1. The van der Waals surface area contributed by atoms with Gasteiger partial charge in [-0.3, -0.25) is 9.59 Å². The van der Waals surface area contributed by atoms with Crippen LogP contribution in [0.3, 0.4) is 0 Å². The van der Waals surface area contributed by atoms with Crippen LogP contribution in [-0.4, -0.2) is 56.1 Å². The van der Waals surface area contributed by atoms with Gasteiger partial charge in [0.1, 0.15) is 5.69 Å². The molecule has 1 aromatic carbocycles. The van der Waals surface area contributed by atoms with E-state index in [9.17, 15) is 9.59 Å². The number of amides is 2. The molecule has 2 amide bonds. The Kier molecular flexibility index (Phi) is 8.71. The number of hydrogen-bond acceptors (Lipinski definition) is 7. The van der Waals surface area contributed by atoms with Gasteiger partial charge in [-0.1, -0.05) is 33.6 Å². The van der Waals surface area contributed by atoms with Crippen molar-refractivity contribution in [2.45, 2.75) is 32.7 Å². The number of benzene rings is 1. The molecule has 0 radical (unpaired) electrons. The molecule has 0 spiro atoms. The monoisotopic (exact) mass is 588 g/mol. The Balaban J connectivity index is 1.33. The highest BCUT2D eigenvalue weighted by Crippen LogP contribution is 2.33. The van der Waals surface area contributed by atoms with Gasteiger partial charge >= 0.3 is 0 Å². The van der Waals surface area contributed by atoms with Crippen molar-refractivity contribution < 1.29 is 9.59 Å². The first-order valence-corrected chi connectivity index (χ1v) is 13.8. The minimum atomic E-state index is -0.211. The molecule has 1 saturated heterocycles. The molecule has 1 fully saturated rings. The highest BCUT2D eigenvalue weighted by Gasteiger charge is 2.24. The van der Waals surface area contributed by atoms with Crippen molar-refractivity contribution in [2.24, 2.45) is 0 Å². The summed E-state index contributed by atoms with van der Waals surface area (Å²) in [6.07, 6.45) is 6.35. The number of anilines is 2.